The number of carboxylic acid groups (broad SMARTS) is 3. The third kappa shape index (κ3) is 2.98. The molecule has 0 heterocycles. The van der Waals surface area contributed by atoms with Gasteiger partial charge < -0.3 is 26.2 Å². The zero-order chi connectivity index (χ0) is 16.3. The van der Waals surface area contributed by atoms with Crippen molar-refractivity contribution in [3.8, 4) is 0 Å². The van der Waals surface area contributed by atoms with Crippen LogP contribution in [0.2, 0.25) is 0 Å². The maximum absolute atomic E-state index is 11.3. The van der Waals surface area contributed by atoms with Gasteiger partial charge in [-0.05, 0) is 18.1 Å². The van der Waals surface area contributed by atoms with Crippen LogP contribution in [0.4, 0.5) is 0 Å². The fourth-order valence-corrected chi connectivity index (χ4v) is 1.95. The quantitative estimate of drug-likeness (QED) is 0.463. The molecule has 1 aromatic carbocycles. The first kappa shape index (κ1) is 16.1. The number of hydrogen-bond donors (Lipinski definition) is 5. The van der Waals surface area contributed by atoms with Crippen LogP contribution in [-0.2, 0) is 6.42 Å². The van der Waals surface area contributed by atoms with E-state index in [1.54, 1.807) is 0 Å². The lowest BCUT2D eigenvalue weighted by molar-refractivity contribution is 0.0646. The molecule has 0 aliphatic rings. The lowest BCUT2D eigenvalue weighted by atomic mass is 9.89. The largest absolute Gasteiger partial charge is 0.478 e. The standard InChI is InChI=1S/C12H11NO8/c13-9(15)5-3-6(10(16)17)8(12(20)21)4(1-2-14)7(5)11(18)19/h3,14H,1-2H2,(H2,13,15)(H,16,17)(H,18,19)(H,20,21). The lowest BCUT2D eigenvalue weighted by Gasteiger charge is -2.14. The van der Waals surface area contributed by atoms with Crippen molar-refractivity contribution in [2.75, 3.05) is 6.61 Å². The molecule has 0 unspecified atom stereocenters. The van der Waals surface area contributed by atoms with Gasteiger partial charge in [0, 0.05) is 6.61 Å². The van der Waals surface area contributed by atoms with E-state index in [0.29, 0.717) is 6.07 Å². The summed E-state index contributed by atoms with van der Waals surface area (Å²) in [6.07, 6.45) is -0.454. The Bertz CT molecular complexity index is 599. The molecule has 0 fully saturated rings. The maximum atomic E-state index is 11.3. The van der Waals surface area contributed by atoms with Gasteiger partial charge in [-0.25, -0.2) is 14.4 Å². The third-order valence-corrected chi connectivity index (χ3v) is 2.72. The highest BCUT2D eigenvalue weighted by Crippen LogP contribution is 2.25. The van der Waals surface area contributed by atoms with Gasteiger partial charge in [-0.3, -0.25) is 4.79 Å². The van der Waals surface area contributed by atoms with Crippen LogP contribution >= 0.6 is 0 Å². The number of benzene rings is 1. The van der Waals surface area contributed by atoms with Crippen molar-refractivity contribution in [3.05, 3.63) is 33.9 Å². The normalized spacial score (nSPS) is 10.1. The van der Waals surface area contributed by atoms with E-state index in [1.807, 2.05) is 0 Å². The van der Waals surface area contributed by atoms with E-state index in [1.165, 1.54) is 0 Å². The number of carbonyl (C=O) groups excluding carboxylic acids is 1. The molecule has 0 aliphatic carbocycles. The molecular weight excluding hydrogens is 286 g/mol. The molecule has 0 aliphatic heterocycles. The molecule has 6 N–H and O–H groups in total. The van der Waals surface area contributed by atoms with Crippen LogP contribution in [-0.4, -0.2) is 50.8 Å². The van der Waals surface area contributed by atoms with E-state index >= 15 is 0 Å². The number of hydrogen-bond acceptors (Lipinski definition) is 5. The van der Waals surface area contributed by atoms with Gasteiger partial charge in [0.1, 0.15) is 0 Å². The van der Waals surface area contributed by atoms with Crippen molar-refractivity contribution in [1.82, 2.24) is 0 Å². The average Bonchev–Trinajstić information content (AvgIpc) is 2.36. The summed E-state index contributed by atoms with van der Waals surface area (Å²) >= 11 is 0. The molecule has 9 heteroatoms. The Labute approximate surface area is 117 Å². The summed E-state index contributed by atoms with van der Waals surface area (Å²) in [6, 6.07) is 0.610. The monoisotopic (exact) mass is 297 g/mol. The Hall–Kier alpha value is -2.94. The van der Waals surface area contributed by atoms with Gasteiger partial charge in [-0.1, -0.05) is 0 Å². The van der Waals surface area contributed by atoms with E-state index in [2.05, 4.69) is 0 Å². The summed E-state index contributed by atoms with van der Waals surface area (Å²) in [4.78, 5) is 44.9. The number of amides is 1. The zero-order valence-corrected chi connectivity index (χ0v) is 10.5. The van der Waals surface area contributed by atoms with E-state index in [4.69, 9.17) is 26.2 Å². The van der Waals surface area contributed by atoms with Crippen LogP contribution < -0.4 is 5.73 Å². The van der Waals surface area contributed by atoms with E-state index in [9.17, 15) is 19.2 Å². The lowest BCUT2D eigenvalue weighted by Crippen LogP contribution is -2.24. The van der Waals surface area contributed by atoms with Crippen molar-refractivity contribution >= 4 is 23.8 Å². The molecular formula is C12H11NO8. The second-order valence-corrected chi connectivity index (χ2v) is 3.95. The number of primary amides is 1. The van der Waals surface area contributed by atoms with Gasteiger partial charge in [0.15, 0.2) is 0 Å². The van der Waals surface area contributed by atoms with Gasteiger partial charge in [-0.2, -0.15) is 0 Å². The molecule has 0 aromatic heterocycles. The molecule has 0 atom stereocenters. The van der Waals surface area contributed by atoms with Gasteiger partial charge in [0.25, 0.3) is 0 Å². The second kappa shape index (κ2) is 6.01. The van der Waals surface area contributed by atoms with Gasteiger partial charge in [0.2, 0.25) is 5.91 Å². The number of rotatable bonds is 6. The SMILES string of the molecule is NC(=O)c1cc(C(=O)O)c(C(=O)O)c(CCO)c1C(=O)O. The van der Waals surface area contributed by atoms with Gasteiger partial charge >= 0.3 is 17.9 Å². The molecule has 1 amide bonds. The number of aliphatic hydroxyl groups excluding tert-OH is 1. The second-order valence-electron chi connectivity index (χ2n) is 3.95. The molecule has 0 saturated heterocycles. The van der Waals surface area contributed by atoms with Crippen molar-refractivity contribution in [2.45, 2.75) is 6.42 Å². The molecule has 0 radical (unpaired) electrons. The number of carboxylic acids is 3. The van der Waals surface area contributed by atoms with Gasteiger partial charge in [-0.15, -0.1) is 0 Å². The van der Waals surface area contributed by atoms with Gasteiger partial charge in [0.05, 0.1) is 22.3 Å². The van der Waals surface area contributed by atoms with Crippen LogP contribution in [0.5, 0.6) is 0 Å². The van der Waals surface area contributed by atoms with Crippen LogP contribution in [0.15, 0.2) is 6.07 Å². The van der Waals surface area contributed by atoms with Crippen LogP contribution in [0.25, 0.3) is 0 Å². The topological polar surface area (TPSA) is 175 Å². The van der Waals surface area contributed by atoms with Crippen molar-refractivity contribution in [2.24, 2.45) is 5.73 Å². The third-order valence-electron chi connectivity index (χ3n) is 2.72. The fourth-order valence-electron chi connectivity index (χ4n) is 1.95. The fraction of sp³-hybridized carbons (Fsp3) is 0.167. The molecule has 112 valence electrons. The molecule has 0 spiro atoms. The van der Waals surface area contributed by atoms with E-state index < -0.39 is 64.7 Å². The highest BCUT2D eigenvalue weighted by molar-refractivity contribution is 6.11. The minimum atomic E-state index is -1.69. The summed E-state index contributed by atoms with van der Waals surface area (Å²) in [7, 11) is 0. The predicted molar refractivity (Wildman–Crippen MR) is 66.6 cm³/mol. The molecule has 1 rings (SSSR count). The number of aliphatic hydroxyl groups is 1. The van der Waals surface area contributed by atoms with Crippen molar-refractivity contribution in [3.63, 3.8) is 0 Å². The Kier molecular flexibility index (Phi) is 4.61. The molecule has 9 nitrogen and oxygen atoms in total. The molecule has 21 heavy (non-hydrogen) atoms. The summed E-state index contributed by atoms with van der Waals surface area (Å²) in [5, 5.41) is 36.2. The number of nitrogens with two attached hydrogens (primary N) is 1. The van der Waals surface area contributed by atoms with Crippen LogP contribution in [0.1, 0.15) is 47.0 Å². The summed E-state index contributed by atoms with van der Waals surface area (Å²) in [6.45, 7) is -0.637. The zero-order valence-electron chi connectivity index (χ0n) is 10.5. The minimum absolute atomic E-state index is 0.454. The molecule has 0 saturated carbocycles. The summed E-state index contributed by atoms with van der Waals surface area (Å²) in [5.74, 6) is -6.21. The Morgan fingerprint density at radius 2 is 1.38 bits per heavy atom. The molecule has 0 bridgehead atoms. The Morgan fingerprint density at radius 1 is 0.905 bits per heavy atom. The number of carbonyl (C=O) groups is 4. The van der Waals surface area contributed by atoms with E-state index in [-0.39, 0.29) is 0 Å². The highest BCUT2D eigenvalue weighted by Gasteiger charge is 2.29. The first-order valence-electron chi connectivity index (χ1n) is 5.52. The van der Waals surface area contributed by atoms with Crippen molar-refractivity contribution in [1.29, 1.82) is 0 Å². The average molecular weight is 297 g/mol. The molecule has 1 aromatic rings. The Morgan fingerprint density at radius 3 is 1.71 bits per heavy atom. The Balaban J connectivity index is 3.97. The van der Waals surface area contributed by atoms with Crippen LogP contribution in [0, 0.1) is 0 Å². The number of aromatic carboxylic acids is 3. The summed E-state index contributed by atoms with van der Waals surface area (Å²) in [5.41, 5.74) is 1.62. The predicted octanol–water partition coefficient (Wildman–Crippen LogP) is -0.585. The first-order valence-corrected chi connectivity index (χ1v) is 5.52. The minimum Gasteiger partial charge on any atom is -0.478 e. The maximum Gasteiger partial charge on any atom is 0.336 e. The van der Waals surface area contributed by atoms with E-state index in [0.717, 1.165) is 0 Å². The smallest absolute Gasteiger partial charge is 0.336 e. The highest BCUT2D eigenvalue weighted by atomic mass is 16.4. The van der Waals surface area contributed by atoms with Crippen molar-refractivity contribution < 1.29 is 39.6 Å². The summed E-state index contributed by atoms with van der Waals surface area (Å²) < 4.78 is 0. The van der Waals surface area contributed by atoms with Crippen LogP contribution in [0.3, 0.4) is 0 Å². The first-order chi connectivity index (χ1) is 9.72.